The number of alkyl halides is 2. The number of thiazole rings is 1. The number of hydrogen-bond donors (Lipinski definition) is 1. The second-order valence-electron chi connectivity index (χ2n) is 9.09. The van der Waals surface area contributed by atoms with E-state index in [-0.39, 0.29) is 24.2 Å². The Bertz CT molecular complexity index is 900. The van der Waals surface area contributed by atoms with Crippen LogP contribution in [0.5, 0.6) is 0 Å². The SMILES string of the molecule is Cn1nc(-c2cnc(C(C)(C)C)s2)c(C2CCC2)c1NC(=O)C1CC(F)(F)C1. The summed E-state index contributed by atoms with van der Waals surface area (Å²) in [6, 6.07) is 0. The Balaban J connectivity index is 1.66. The standard InChI is InChI=1S/C20H26F2N4OS/c1-19(2,3)18-23-10-13(28-18)15-14(11-6-5-7-11)16(26(4)25-15)24-17(27)12-8-20(21,22)9-12/h10-12H,5-9H2,1-4H3,(H,24,27). The molecule has 152 valence electrons. The lowest BCUT2D eigenvalue weighted by Crippen LogP contribution is -2.42. The van der Waals surface area contributed by atoms with Crippen LogP contribution in [-0.2, 0) is 17.3 Å². The van der Waals surface area contributed by atoms with Gasteiger partial charge in [0.25, 0.3) is 0 Å². The molecule has 2 fully saturated rings. The van der Waals surface area contributed by atoms with E-state index in [1.807, 2.05) is 6.20 Å². The maximum Gasteiger partial charge on any atom is 0.249 e. The number of nitrogens with zero attached hydrogens (tertiary/aromatic N) is 3. The molecule has 2 aromatic heterocycles. The second-order valence-corrected chi connectivity index (χ2v) is 10.1. The van der Waals surface area contributed by atoms with Crippen molar-refractivity contribution >= 4 is 23.1 Å². The molecule has 1 N–H and O–H groups in total. The van der Waals surface area contributed by atoms with E-state index in [1.165, 1.54) is 0 Å². The van der Waals surface area contributed by atoms with Gasteiger partial charge in [0.15, 0.2) is 0 Å². The van der Waals surface area contributed by atoms with Crippen molar-refractivity contribution in [3.05, 3.63) is 16.8 Å². The van der Waals surface area contributed by atoms with E-state index in [4.69, 9.17) is 0 Å². The van der Waals surface area contributed by atoms with Crippen LogP contribution >= 0.6 is 11.3 Å². The summed E-state index contributed by atoms with van der Waals surface area (Å²) in [4.78, 5) is 18.1. The average Bonchev–Trinajstić information content (AvgIpc) is 3.10. The molecule has 0 bridgehead atoms. The van der Waals surface area contributed by atoms with Gasteiger partial charge in [-0.15, -0.1) is 11.3 Å². The first-order valence-corrected chi connectivity index (χ1v) is 10.6. The van der Waals surface area contributed by atoms with Crippen molar-refractivity contribution in [3.63, 3.8) is 0 Å². The van der Waals surface area contributed by atoms with E-state index in [0.29, 0.717) is 11.7 Å². The Morgan fingerprint density at radius 1 is 1.32 bits per heavy atom. The molecule has 2 heterocycles. The fourth-order valence-corrected chi connectivity index (χ4v) is 4.72. The first-order chi connectivity index (χ1) is 13.0. The Morgan fingerprint density at radius 2 is 2.00 bits per heavy atom. The summed E-state index contributed by atoms with van der Waals surface area (Å²) in [6.07, 6.45) is 4.37. The van der Waals surface area contributed by atoms with Crippen LogP contribution in [0.25, 0.3) is 10.6 Å². The fourth-order valence-electron chi connectivity index (χ4n) is 3.75. The highest BCUT2D eigenvalue weighted by atomic mass is 32.1. The zero-order chi connectivity index (χ0) is 20.3. The zero-order valence-corrected chi connectivity index (χ0v) is 17.5. The van der Waals surface area contributed by atoms with Gasteiger partial charge < -0.3 is 5.32 Å². The smallest absolute Gasteiger partial charge is 0.249 e. The molecule has 5 nitrogen and oxygen atoms in total. The van der Waals surface area contributed by atoms with Crippen molar-refractivity contribution in [3.8, 4) is 10.6 Å². The van der Waals surface area contributed by atoms with Crippen molar-refractivity contribution < 1.29 is 13.6 Å². The molecule has 2 aliphatic carbocycles. The highest BCUT2D eigenvalue weighted by Gasteiger charge is 2.49. The molecule has 28 heavy (non-hydrogen) atoms. The molecule has 2 saturated carbocycles. The van der Waals surface area contributed by atoms with Crippen LogP contribution in [0.1, 0.15) is 69.4 Å². The minimum absolute atomic E-state index is 0.0408. The molecule has 0 radical (unpaired) electrons. The second kappa shape index (κ2) is 6.61. The maximum absolute atomic E-state index is 13.2. The van der Waals surface area contributed by atoms with Crippen LogP contribution in [0.15, 0.2) is 6.20 Å². The fraction of sp³-hybridized carbons (Fsp3) is 0.650. The van der Waals surface area contributed by atoms with E-state index in [2.05, 4.69) is 36.2 Å². The number of aromatic nitrogens is 3. The third-order valence-corrected chi connectivity index (χ3v) is 7.11. The van der Waals surface area contributed by atoms with Crippen LogP contribution in [0.4, 0.5) is 14.6 Å². The molecule has 0 saturated heterocycles. The van der Waals surface area contributed by atoms with Gasteiger partial charge in [-0.3, -0.25) is 9.48 Å². The van der Waals surface area contributed by atoms with Crippen molar-refractivity contribution in [2.75, 3.05) is 5.32 Å². The number of hydrogen-bond acceptors (Lipinski definition) is 4. The molecule has 2 aliphatic rings. The number of nitrogens with one attached hydrogen (secondary N) is 1. The molecule has 0 aliphatic heterocycles. The molecule has 0 unspecified atom stereocenters. The van der Waals surface area contributed by atoms with Gasteiger partial charge in [0.2, 0.25) is 11.8 Å². The summed E-state index contributed by atoms with van der Waals surface area (Å²) in [5, 5.41) is 8.63. The summed E-state index contributed by atoms with van der Waals surface area (Å²) in [5.74, 6) is -2.69. The van der Waals surface area contributed by atoms with Crippen LogP contribution in [-0.4, -0.2) is 26.6 Å². The Morgan fingerprint density at radius 3 is 2.50 bits per heavy atom. The molecular weight excluding hydrogens is 382 g/mol. The molecule has 0 aromatic carbocycles. The molecule has 1 amide bonds. The predicted octanol–water partition coefficient (Wildman–Crippen LogP) is 5.09. The number of carbonyl (C=O) groups excluding carboxylic acids is 1. The van der Waals surface area contributed by atoms with Gasteiger partial charge in [0, 0.05) is 43.0 Å². The van der Waals surface area contributed by atoms with Gasteiger partial charge in [-0.2, -0.15) is 5.10 Å². The summed E-state index contributed by atoms with van der Waals surface area (Å²) in [5.41, 5.74) is 1.84. The third-order valence-electron chi connectivity index (χ3n) is 5.68. The van der Waals surface area contributed by atoms with Crippen molar-refractivity contribution in [2.45, 2.75) is 70.1 Å². The molecule has 0 spiro atoms. The minimum Gasteiger partial charge on any atom is -0.310 e. The third kappa shape index (κ3) is 3.47. The first kappa shape index (κ1) is 19.5. The Hall–Kier alpha value is -1.83. The quantitative estimate of drug-likeness (QED) is 0.766. The summed E-state index contributed by atoms with van der Waals surface area (Å²) in [7, 11) is 1.79. The number of aryl methyl sites for hydroxylation is 1. The van der Waals surface area contributed by atoms with Gasteiger partial charge in [-0.05, 0) is 18.8 Å². The van der Waals surface area contributed by atoms with Crippen LogP contribution in [0.2, 0.25) is 0 Å². The van der Waals surface area contributed by atoms with Gasteiger partial charge in [-0.25, -0.2) is 13.8 Å². The van der Waals surface area contributed by atoms with Crippen molar-refractivity contribution in [1.82, 2.24) is 14.8 Å². The number of carbonyl (C=O) groups is 1. The van der Waals surface area contributed by atoms with Gasteiger partial charge in [0.1, 0.15) is 11.5 Å². The van der Waals surface area contributed by atoms with E-state index >= 15 is 0 Å². The Labute approximate surface area is 167 Å². The molecule has 2 aromatic rings. The Kier molecular flexibility index (Phi) is 4.60. The number of rotatable bonds is 4. The highest BCUT2D eigenvalue weighted by Crippen LogP contribution is 2.47. The van der Waals surface area contributed by atoms with E-state index < -0.39 is 11.8 Å². The van der Waals surface area contributed by atoms with E-state index in [1.54, 1.807) is 23.1 Å². The van der Waals surface area contributed by atoms with Gasteiger partial charge in [-0.1, -0.05) is 27.2 Å². The summed E-state index contributed by atoms with van der Waals surface area (Å²) < 4.78 is 28.0. The van der Waals surface area contributed by atoms with Gasteiger partial charge in [0.05, 0.1) is 9.88 Å². The maximum atomic E-state index is 13.2. The highest BCUT2D eigenvalue weighted by molar-refractivity contribution is 7.15. The minimum atomic E-state index is -2.71. The zero-order valence-electron chi connectivity index (χ0n) is 16.7. The van der Waals surface area contributed by atoms with Crippen LogP contribution in [0, 0.1) is 5.92 Å². The summed E-state index contributed by atoms with van der Waals surface area (Å²) in [6.45, 7) is 6.38. The average molecular weight is 409 g/mol. The van der Waals surface area contributed by atoms with Gasteiger partial charge >= 0.3 is 0 Å². The lowest BCUT2D eigenvalue weighted by molar-refractivity contribution is -0.145. The number of halogens is 2. The normalized spacial score (nSPS) is 19.9. The van der Waals surface area contributed by atoms with Crippen LogP contribution in [0.3, 0.4) is 0 Å². The van der Waals surface area contributed by atoms with E-state index in [9.17, 15) is 13.6 Å². The van der Waals surface area contributed by atoms with E-state index in [0.717, 1.165) is 40.4 Å². The lowest BCUT2D eigenvalue weighted by Gasteiger charge is -2.34. The predicted molar refractivity (Wildman–Crippen MR) is 106 cm³/mol. The molecule has 4 rings (SSSR count). The van der Waals surface area contributed by atoms with Crippen LogP contribution < -0.4 is 5.32 Å². The monoisotopic (exact) mass is 408 g/mol. The summed E-state index contributed by atoms with van der Waals surface area (Å²) >= 11 is 1.62. The topological polar surface area (TPSA) is 59.8 Å². The molecule has 0 atom stereocenters. The first-order valence-electron chi connectivity index (χ1n) is 9.77. The largest absolute Gasteiger partial charge is 0.310 e. The molecular formula is C20H26F2N4OS. The molecule has 8 heteroatoms. The van der Waals surface area contributed by atoms with Crippen molar-refractivity contribution in [1.29, 1.82) is 0 Å². The number of anilines is 1. The lowest BCUT2D eigenvalue weighted by atomic mass is 9.79. The van der Waals surface area contributed by atoms with Crippen molar-refractivity contribution in [2.24, 2.45) is 13.0 Å². The number of amides is 1.